The zero-order valence-corrected chi connectivity index (χ0v) is 10.9. The molecular weight excluding hydrogens is 210 g/mol. The van der Waals surface area contributed by atoms with Crippen molar-refractivity contribution in [1.29, 1.82) is 0 Å². The van der Waals surface area contributed by atoms with Gasteiger partial charge in [0.1, 0.15) is 0 Å². The highest BCUT2D eigenvalue weighted by Crippen LogP contribution is 2.29. The van der Waals surface area contributed by atoms with Crippen LogP contribution in [0.1, 0.15) is 12.0 Å². The monoisotopic (exact) mass is 233 g/mol. The maximum absolute atomic E-state index is 5.90. The molecule has 1 aliphatic heterocycles. The van der Waals surface area contributed by atoms with Crippen molar-refractivity contribution in [3.05, 3.63) is 29.8 Å². The lowest BCUT2D eigenvalue weighted by Crippen LogP contribution is -2.46. The van der Waals surface area contributed by atoms with Crippen molar-refractivity contribution in [3.8, 4) is 0 Å². The van der Waals surface area contributed by atoms with Gasteiger partial charge in [0.25, 0.3) is 0 Å². The van der Waals surface area contributed by atoms with E-state index in [9.17, 15) is 0 Å². The van der Waals surface area contributed by atoms with Crippen LogP contribution in [0.5, 0.6) is 0 Å². The Morgan fingerprint density at radius 3 is 2.82 bits per heavy atom. The van der Waals surface area contributed by atoms with Gasteiger partial charge in [-0.1, -0.05) is 18.2 Å². The van der Waals surface area contributed by atoms with Gasteiger partial charge in [-0.3, -0.25) is 0 Å². The minimum absolute atomic E-state index is 0.504. The third-order valence-corrected chi connectivity index (χ3v) is 3.55. The van der Waals surface area contributed by atoms with Gasteiger partial charge in [0, 0.05) is 31.4 Å². The molecule has 1 aromatic rings. The number of aryl methyl sites for hydroxylation is 1. The molecular formula is C14H23N3. The van der Waals surface area contributed by atoms with E-state index in [0.29, 0.717) is 6.04 Å². The van der Waals surface area contributed by atoms with Gasteiger partial charge < -0.3 is 15.5 Å². The van der Waals surface area contributed by atoms with Crippen molar-refractivity contribution in [2.45, 2.75) is 18.9 Å². The number of nitrogens with zero attached hydrogens (tertiary/aromatic N) is 2. The van der Waals surface area contributed by atoms with E-state index in [4.69, 9.17) is 5.73 Å². The molecule has 1 unspecified atom stereocenters. The largest absolute Gasteiger partial charge is 0.366 e. The molecule has 0 aromatic heterocycles. The van der Waals surface area contributed by atoms with Gasteiger partial charge in [0.05, 0.1) is 0 Å². The molecule has 0 saturated carbocycles. The summed E-state index contributed by atoms with van der Waals surface area (Å²) in [6.45, 7) is 2.89. The van der Waals surface area contributed by atoms with E-state index in [1.54, 1.807) is 0 Å². The summed E-state index contributed by atoms with van der Waals surface area (Å²) < 4.78 is 0. The predicted octanol–water partition coefficient (Wildman–Crippen LogP) is 1.33. The first-order valence-corrected chi connectivity index (χ1v) is 6.41. The molecule has 1 atom stereocenters. The number of hydrogen-bond donors (Lipinski definition) is 1. The summed E-state index contributed by atoms with van der Waals surface area (Å²) in [5, 5.41) is 0. The first kappa shape index (κ1) is 12.4. The highest BCUT2D eigenvalue weighted by atomic mass is 15.2. The van der Waals surface area contributed by atoms with Crippen LogP contribution in [0.25, 0.3) is 0 Å². The summed E-state index contributed by atoms with van der Waals surface area (Å²) in [6, 6.07) is 9.23. The number of fused-ring (bicyclic) bond motifs is 1. The van der Waals surface area contributed by atoms with E-state index >= 15 is 0 Å². The van der Waals surface area contributed by atoms with Crippen molar-refractivity contribution in [3.63, 3.8) is 0 Å². The molecule has 0 amide bonds. The van der Waals surface area contributed by atoms with Gasteiger partial charge in [-0.25, -0.2) is 0 Å². The first-order valence-electron chi connectivity index (χ1n) is 6.41. The number of anilines is 1. The summed E-state index contributed by atoms with van der Waals surface area (Å²) in [7, 11) is 4.24. The van der Waals surface area contributed by atoms with E-state index < -0.39 is 0 Å². The second-order valence-corrected chi connectivity index (χ2v) is 5.05. The molecule has 1 heterocycles. The maximum Gasteiger partial charge on any atom is 0.0416 e. The van der Waals surface area contributed by atoms with Crippen molar-refractivity contribution in [2.24, 2.45) is 5.73 Å². The molecule has 94 valence electrons. The molecule has 0 spiro atoms. The smallest absolute Gasteiger partial charge is 0.0416 e. The van der Waals surface area contributed by atoms with E-state index in [-0.39, 0.29) is 0 Å². The van der Waals surface area contributed by atoms with Crippen molar-refractivity contribution in [1.82, 2.24) is 4.90 Å². The zero-order chi connectivity index (χ0) is 12.3. The topological polar surface area (TPSA) is 32.5 Å². The number of rotatable bonds is 4. The Balaban J connectivity index is 2.18. The standard InChI is InChI=1S/C14H23N3/c1-16(2)9-10-17-13(11-15)8-7-12-5-3-4-6-14(12)17/h3-6,13H,7-11,15H2,1-2H3. The van der Waals surface area contributed by atoms with E-state index in [0.717, 1.165) is 26.1 Å². The summed E-state index contributed by atoms with van der Waals surface area (Å²) in [5.41, 5.74) is 8.76. The average molecular weight is 233 g/mol. The van der Waals surface area contributed by atoms with E-state index in [1.807, 2.05) is 0 Å². The third-order valence-electron chi connectivity index (χ3n) is 3.55. The fourth-order valence-corrected chi connectivity index (χ4v) is 2.53. The van der Waals surface area contributed by atoms with Crippen molar-refractivity contribution >= 4 is 5.69 Å². The van der Waals surface area contributed by atoms with Gasteiger partial charge in [-0.05, 0) is 38.6 Å². The quantitative estimate of drug-likeness (QED) is 0.851. The fourth-order valence-electron chi connectivity index (χ4n) is 2.53. The molecule has 3 nitrogen and oxygen atoms in total. The van der Waals surface area contributed by atoms with Crippen LogP contribution in [0, 0.1) is 0 Å². The highest BCUT2D eigenvalue weighted by molar-refractivity contribution is 5.56. The lowest BCUT2D eigenvalue weighted by atomic mass is 9.96. The SMILES string of the molecule is CN(C)CCN1c2ccccc2CCC1CN. The Hall–Kier alpha value is -1.06. The van der Waals surface area contributed by atoms with E-state index in [1.165, 1.54) is 17.7 Å². The van der Waals surface area contributed by atoms with Crippen LogP contribution in [-0.2, 0) is 6.42 Å². The third kappa shape index (κ3) is 2.79. The van der Waals surface area contributed by atoms with Crippen LogP contribution >= 0.6 is 0 Å². The number of para-hydroxylation sites is 1. The molecule has 1 aliphatic rings. The zero-order valence-electron chi connectivity index (χ0n) is 10.9. The summed E-state index contributed by atoms with van der Waals surface area (Å²) >= 11 is 0. The number of likely N-dealkylation sites (N-methyl/N-ethyl adjacent to an activating group) is 1. The fraction of sp³-hybridized carbons (Fsp3) is 0.571. The van der Waals surface area contributed by atoms with E-state index in [2.05, 4.69) is 48.2 Å². The number of benzene rings is 1. The first-order chi connectivity index (χ1) is 8.22. The Morgan fingerprint density at radius 1 is 1.35 bits per heavy atom. The van der Waals surface area contributed by atoms with Gasteiger partial charge in [-0.15, -0.1) is 0 Å². The van der Waals surface area contributed by atoms with Crippen LogP contribution in [-0.4, -0.2) is 44.7 Å². The van der Waals surface area contributed by atoms with Crippen LogP contribution in [0.3, 0.4) is 0 Å². The van der Waals surface area contributed by atoms with Gasteiger partial charge in [0.2, 0.25) is 0 Å². The molecule has 0 saturated heterocycles. The number of hydrogen-bond acceptors (Lipinski definition) is 3. The Labute approximate surface area is 104 Å². The Kier molecular flexibility index (Phi) is 4.02. The maximum atomic E-state index is 5.90. The minimum atomic E-state index is 0.504. The second-order valence-electron chi connectivity index (χ2n) is 5.05. The highest BCUT2D eigenvalue weighted by Gasteiger charge is 2.24. The molecule has 2 rings (SSSR count). The average Bonchev–Trinajstić information content (AvgIpc) is 2.35. The predicted molar refractivity (Wildman–Crippen MR) is 73.5 cm³/mol. The minimum Gasteiger partial charge on any atom is -0.366 e. The molecule has 0 aliphatic carbocycles. The molecule has 0 fully saturated rings. The van der Waals surface area contributed by atoms with Crippen molar-refractivity contribution in [2.75, 3.05) is 38.6 Å². The normalized spacial score (nSPS) is 19.5. The molecule has 0 radical (unpaired) electrons. The Morgan fingerprint density at radius 2 is 2.12 bits per heavy atom. The molecule has 17 heavy (non-hydrogen) atoms. The van der Waals surface area contributed by atoms with Crippen LogP contribution in [0.15, 0.2) is 24.3 Å². The molecule has 2 N–H and O–H groups in total. The van der Waals surface area contributed by atoms with Crippen molar-refractivity contribution < 1.29 is 0 Å². The van der Waals surface area contributed by atoms with Gasteiger partial charge in [0.15, 0.2) is 0 Å². The van der Waals surface area contributed by atoms with Crippen LogP contribution < -0.4 is 10.6 Å². The molecule has 0 bridgehead atoms. The summed E-state index contributed by atoms with van der Waals surface area (Å²) in [5.74, 6) is 0. The van der Waals surface area contributed by atoms with Crippen LogP contribution in [0.2, 0.25) is 0 Å². The van der Waals surface area contributed by atoms with Gasteiger partial charge >= 0.3 is 0 Å². The molecule has 3 heteroatoms. The summed E-state index contributed by atoms with van der Waals surface area (Å²) in [4.78, 5) is 4.71. The van der Waals surface area contributed by atoms with Crippen LogP contribution in [0.4, 0.5) is 5.69 Å². The summed E-state index contributed by atoms with van der Waals surface area (Å²) in [6.07, 6.45) is 2.34. The lowest BCUT2D eigenvalue weighted by Gasteiger charge is -2.39. The number of nitrogens with two attached hydrogens (primary N) is 1. The van der Waals surface area contributed by atoms with Gasteiger partial charge in [-0.2, -0.15) is 0 Å². The lowest BCUT2D eigenvalue weighted by molar-refractivity contribution is 0.398. The second kappa shape index (κ2) is 5.52. The molecule has 1 aromatic carbocycles. The Bertz CT molecular complexity index is 362.